The number of nitrogens with one attached hydrogen (secondary N) is 2. The Hall–Kier alpha value is -2.40. The molecule has 0 unspecified atom stereocenters. The average Bonchev–Trinajstić information content (AvgIpc) is 3.16. The Morgan fingerprint density at radius 3 is 2.45 bits per heavy atom. The van der Waals surface area contributed by atoms with Gasteiger partial charge in [-0.15, -0.1) is 0 Å². The molecule has 1 aromatic heterocycles. The molecule has 1 aromatic carbocycles. The lowest BCUT2D eigenvalue weighted by Crippen LogP contribution is -2.39. The Labute approximate surface area is 180 Å². The normalized spacial score (nSPS) is 21.0. The first kappa shape index (κ1) is 23.3. The maximum absolute atomic E-state index is 13.5. The van der Waals surface area contributed by atoms with Crippen molar-refractivity contribution in [3.8, 4) is 0 Å². The van der Waals surface area contributed by atoms with E-state index in [-0.39, 0.29) is 23.8 Å². The molecule has 0 aliphatic heterocycles. The van der Waals surface area contributed by atoms with Crippen LogP contribution in [0.5, 0.6) is 0 Å². The van der Waals surface area contributed by atoms with Crippen molar-refractivity contribution in [2.75, 3.05) is 38.0 Å². The molecule has 0 bridgehead atoms. The van der Waals surface area contributed by atoms with E-state index in [9.17, 15) is 17.4 Å². The fraction of sp³-hybridized carbons (Fsp3) is 0.500. The van der Waals surface area contributed by atoms with E-state index in [1.807, 2.05) is 19.0 Å². The summed E-state index contributed by atoms with van der Waals surface area (Å²) in [6.07, 6.45) is 0.387. The van der Waals surface area contributed by atoms with E-state index in [0.717, 1.165) is 25.5 Å². The van der Waals surface area contributed by atoms with Crippen LogP contribution in [-0.4, -0.2) is 58.6 Å². The zero-order chi connectivity index (χ0) is 22.8. The lowest BCUT2D eigenvalue weighted by Gasteiger charge is -2.28. The van der Waals surface area contributed by atoms with E-state index in [1.54, 1.807) is 24.3 Å². The molecule has 1 saturated carbocycles. The van der Waals surface area contributed by atoms with Crippen LogP contribution in [0.2, 0.25) is 0 Å². The maximum Gasteiger partial charge on any atom is 0.421 e. The summed E-state index contributed by atoms with van der Waals surface area (Å²) in [5.41, 5.74) is -0.333. The summed E-state index contributed by atoms with van der Waals surface area (Å²) in [4.78, 5) is 10.6. The van der Waals surface area contributed by atoms with Gasteiger partial charge in [-0.3, -0.25) is 0 Å². The van der Waals surface area contributed by atoms with Gasteiger partial charge in [-0.05, 0) is 57.6 Å². The Morgan fingerprint density at radius 2 is 1.87 bits per heavy atom. The van der Waals surface area contributed by atoms with Gasteiger partial charge in [-0.1, -0.05) is 0 Å². The van der Waals surface area contributed by atoms with E-state index < -0.39 is 21.5 Å². The third-order valence-corrected chi connectivity index (χ3v) is 7.30. The molecule has 11 heteroatoms. The maximum atomic E-state index is 13.5. The van der Waals surface area contributed by atoms with Crippen LogP contribution in [0.25, 0.3) is 0 Å². The van der Waals surface area contributed by atoms with Crippen LogP contribution in [0.15, 0.2) is 39.7 Å². The highest BCUT2D eigenvalue weighted by atomic mass is 32.2. The summed E-state index contributed by atoms with van der Waals surface area (Å²) in [6.45, 7) is 0. The van der Waals surface area contributed by atoms with Gasteiger partial charge in [0, 0.05) is 42.2 Å². The number of benzene rings is 1. The number of halogens is 3. The van der Waals surface area contributed by atoms with Crippen LogP contribution in [-0.2, 0) is 15.9 Å². The fourth-order valence-electron chi connectivity index (χ4n) is 3.69. The molecule has 3 rings (SSSR count). The van der Waals surface area contributed by atoms with Crippen LogP contribution in [0.3, 0.4) is 0 Å². The van der Waals surface area contributed by atoms with Gasteiger partial charge in [0.2, 0.25) is 5.95 Å². The molecule has 1 fully saturated rings. The zero-order valence-corrected chi connectivity index (χ0v) is 18.7. The number of anilines is 3. The van der Waals surface area contributed by atoms with Crippen molar-refractivity contribution >= 4 is 27.2 Å². The second-order valence-corrected chi connectivity index (χ2v) is 10.2. The van der Waals surface area contributed by atoms with Crippen molar-refractivity contribution in [2.24, 2.45) is 4.36 Å². The molecular weight excluding hydrogens is 429 g/mol. The summed E-state index contributed by atoms with van der Waals surface area (Å²) >= 11 is 0. The van der Waals surface area contributed by atoms with E-state index in [4.69, 9.17) is 0 Å². The molecule has 7 nitrogen and oxygen atoms in total. The molecule has 170 valence electrons. The van der Waals surface area contributed by atoms with Gasteiger partial charge in [0.05, 0.1) is 9.73 Å². The molecule has 0 spiro atoms. The molecule has 1 aliphatic carbocycles. The second kappa shape index (κ2) is 8.99. The summed E-state index contributed by atoms with van der Waals surface area (Å²) in [7, 11) is 2.87. The third-order valence-electron chi connectivity index (χ3n) is 5.46. The molecule has 0 radical (unpaired) electrons. The topological polar surface area (TPSA) is 82.5 Å². The van der Waals surface area contributed by atoms with Crippen molar-refractivity contribution in [3.63, 3.8) is 0 Å². The Bertz CT molecular complexity index is 1030. The van der Waals surface area contributed by atoms with Crippen molar-refractivity contribution in [1.82, 2.24) is 14.9 Å². The third kappa shape index (κ3) is 5.45. The van der Waals surface area contributed by atoms with E-state index >= 15 is 0 Å². The predicted molar refractivity (Wildman–Crippen MR) is 116 cm³/mol. The summed E-state index contributed by atoms with van der Waals surface area (Å²) in [6, 6.07) is 6.64. The molecule has 1 aliphatic rings. The molecular formula is C20H27F3N6OS. The summed E-state index contributed by atoms with van der Waals surface area (Å²) in [5.74, 6) is -0.193. The van der Waals surface area contributed by atoms with Gasteiger partial charge >= 0.3 is 6.18 Å². The van der Waals surface area contributed by atoms with E-state index in [1.165, 1.54) is 13.3 Å². The number of alkyl halides is 3. The molecule has 2 aromatic rings. The van der Waals surface area contributed by atoms with Crippen molar-refractivity contribution in [1.29, 1.82) is 0 Å². The van der Waals surface area contributed by atoms with Gasteiger partial charge in [0.1, 0.15) is 11.4 Å². The zero-order valence-electron chi connectivity index (χ0n) is 17.9. The van der Waals surface area contributed by atoms with E-state index in [2.05, 4.69) is 25.0 Å². The largest absolute Gasteiger partial charge is 0.421 e. The first-order valence-corrected chi connectivity index (χ1v) is 11.8. The number of aromatic nitrogens is 2. The van der Waals surface area contributed by atoms with Crippen LogP contribution >= 0.6 is 0 Å². The van der Waals surface area contributed by atoms with Crippen LogP contribution < -0.4 is 10.6 Å². The lowest BCUT2D eigenvalue weighted by atomic mass is 10.1. The number of hydrogen-bond donors (Lipinski definition) is 2. The van der Waals surface area contributed by atoms with Crippen LogP contribution in [0, 0.1) is 0 Å². The highest BCUT2D eigenvalue weighted by Gasteiger charge is 2.37. The van der Waals surface area contributed by atoms with Crippen LogP contribution in [0.1, 0.15) is 24.8 Å². The predicted octanol–water partition coefficient (Wildman–Crippen LogP) is 4.22. The molecule has 3 atom stereocenters. The number of nitrogens with zero attached hydrogens (tertiary/aromatic N) is 4. The van der Waals surface area contributed by atoms with Crippen molar-refractivity contribution in [3.05, 3.63) is 36.0 Å². The number of hydrogen-bond acceptors (Lipinski definition) is 7. The standard InChI is InChI=1S/C20H27F3N6OS/c1-24-31(4,30)14-10-8-13(9-11-14)26-19-25-12-15(20(21,22)23)18(28-19)27-16-6-5-7-17(16)29(2)3/h8-12,16-17H,5-7H2,1-4H3,(H2,25,26,27,28)/t16-,17-,31+/m1/s1. The van der Waals surface area contributed by atoms with E-state index in [0.29, 0.717) is 10.6 Å². The molecule has 1 heterocycles. The smallest absolute Gasteiger partial charge is 0.365 e. The summed E-state index contributed by atoms with van der Waals surface area (Å²) < 4.78 is 56.8. The first-order valence-electron chi connectivity index (χ1n) is 9.86. The second-order valence-electron chi connectivity index (χ2n) is 7.80. The summed E-state index contributed by atoms with van der Waals surface area (Å²) in [5, 5.41) is 5.92. The van der Waals surface area contributed by atoms with Gasteiger partial charge in [-0.25, -0.2) is 13.6 Å². The highest BCUT2D eigenvalue weighted by molar-refractivity contribution is 7.93. The molecule has 0 amide bonds. The number of rotatable bonds is 6. The highest BCUT2D eigenvalue weighted by Crippen LogP contribution is 2.36. The van der Waals surface area contributed by atoms with Gasteiger partial charge in [0.15, 0.2) is 0 Å². The van der Waals surface area contributed by atoms with Gasteiger partial charge < -0.3 is 15.5 Å². The minimum Gasteiger partial charge on any atom is -0.365 e. The van der Waals surface area contributed by atoms with Crippen LogP contribution in [0.4, 0.5) is 30.6 Å². The Balaban J connectivity index is 1.87. The number of likely N-dealkylation sites (N-methyl/N-ethyl adjacent to an activating group) is 1. The monoisotopic (exact) mass is 456 g/mol. The first-order chi connectivity index (χ1) is 14.5. The van der Waals surface area contributed by atoms with Crippen molar-refractivity contribution in [2.45, 2.75) is 42.4 Å². The molecule has 31 heavy (non-hydrogen) atoms. The minimum atomic E-state index is -4.57. The van der Waals surface area contributed by atoms with Gasteiger partial charge in [-0.2, -0.15) is 18.2 Å². The van der Waals surface area contributed by atoms with Crippen molar-refractivity contribution < 1.29 is 17.4 Å². The fourth-order valence-corrected chi connectivity index (χ4v) is 4.54. The molecule has 0 saturated heterocycles. The SMILES string of the molecule is CN=[S@@](C)(=O)c1ccc(Nc2ncc(C(F)(F)F)c(N[C@@H]3CCC[C@H]3N(C)C)n2)cc1. The average molecular weight is 457 g/mol. The Morgan fingerprint density at radius 1 is 1.19 bits per heavy atom. The quantitative estimate of drug-likeness (QED) is 0.677. The van der Waals surface area contributed by atoms with Gasteiger partial charge in [0.25, 0.3) is 0 Å². The minimum absolute atomic E-state index is 0.0417. The molecule has 2 N–H and O–H groups in total. The Kier molecular flexibility index (Phi) is 6.75. The lowest BCUT2D eigenvalue weighted by molar-refractivity contribution is -0.137.